The molecular weight excluding hydrogens is 1260 g/mol. The van der Waals surface area contributed by atoms with E-state index in [0.717, 1.165) is 31.6 Å². The van der Waals surface area contributed by atoms with Gasteiger partial charge in [-0.25, -0.2) is 29.9 Å². The van der Waals surface area contributed by atoms with Crippen molar-refractivity contribution in [3.8, 4) is 17.2 Å². The van der Waals surface area contributed by atoms with Gasteiger partial charge in [0.15, 0.2) is 0 Å². The predicted molar refractivity (Wildman–Crippen MR) is 350 cm³/mol. The van der Waals surface area contributed by atoms with Gasteiger partial charge in [0.05, 0.1) is 45.3 Å². The average molecular weight is 1320 g/mol. The highest BCUT2D eigenvalue weighted by molar-refractivity contribution is 7.49. The maximum atomic E-state index is 15.2. The van der Waals surface area contributed by atoms with Gasteiger partial charge in [0.2, 0.25) is 0 Å². The number of hydrogen-bond acceptors (Lipinski definition) is 25. The molecule has 476 valence electrons. The van der Waals surface area contributed by atoms with E-state index in [1.54, 1.807) is 54.6 Å². The number of nitrogens with one attached hydrogen (secondary N) is 3. The lowest BCUT2D eigenvalue weighted by Gasteiger charge is -2.35. The summed E-state index contributed by atoms with van der Waals surface area (Å²) in [6.45, 7) is 10.7. The zero-order valence-electron chi connectivity index (χ0n) is 49.5. The molecule has 9 aromatic rings. The summed E-state index contributed by atoms with van der Waals surface area (Å²) in [4.78, 5) is 118. The normalized spacial score (nSPS) is 15.2. The van der Waals surface area contributed by atoms with Crippen LogP contribution in [-0.4, -0.2) is 198 Å². The van der Waals surface area contributed by atoms with Gasteiger partial charge in [-0.05, 0) is 72.8 Å². The number of thiophene rings is 3. The summed E-state index contributed by atoms with van der Waals surface area (Å²) < 4.78 is 35.9. The Morgan fingerprint density at radius 1 is 0.413 bits per heavy atom. The second-order valence-electron chi connectivity index (χ2n) is 21.7. The number of hydrogen-bond donors (Lipinski definition) is 6. The van der Waals surface area contributed by atoms with Gasteiger partial charge in [-0.1, -0.05) is 18.2 Å². The molecule has 28 nitrogen and oxygen atoms in total. The Hall–Kier alpha value is -9.49. The maximum absolute atomic E-state index is 15.2. The van der Waals surface area contributed by atoms with E-state index < -0.39 is 43.3 Å². The van der Waals surface area contributed by atoms with Gasteiger partial charge in [0.1, 0.15) is 53.7 Å². The monoisotopic (exact) mass is 1320 g/mol. The van der Waals surface area contributed by atoms with Crippen molar-refractivity contribution in [2.24, 2.45) is 17.2 Å². The molecule has 3 aromatic carbocycles. The third-order valence-electron chi connectivity index (χ3n) is 15.7. The number of rotatable bonds is 24. The van der Waals surface area contributed by atoms with Crippen molar-refractivity contribution in [2.75, 3.05) is 133 Å². The largest absolute Gasteiger partial charge is 0.647 e. The first kappa shape index (κ1) is 62.7. The first-order valence-electron chi connectivity index (χ1n) is 29.5. The quantitative estimate of drug-likeness (QED) is 0.0459. The summed E-state index contributed by atoms with van der Waals surface area (Å²) in [5.74, 6) is -0.631. The topological polar surface area (TPSA) is 358 Å². The van der Waals surface area contributed by atoms with Crippen molar-refractivity contribution in [1.82, 2.24) is 60.6 Å². The second-order valence-corrected chi connectivity index (χ2v) is 26.3. The van der Waals surface area contributed by atoms with Crippen LogP contribution >= 0.6 is 41.8 Å². The summed E-state index contributed by atoms with van der Waals surface area (Å²) in [5.41, 5.74) is 19.2. The van der Waals surface area contributed by atoms with E-state index in [1.165, 1.54) is 89.4 Å². The molecule has 0 spiro atoms. The van der Waals surface area contributed by atoms with Crippen LogP contribution in [0.4, 0.5) is 17.5 Å². The van der Waals surface area contributed by atoms with Gasteiger partial charge in [0.25, 0.3) is 35.4 Å². The molecule has 3 saturated heterocycles. The lowest BCUT2D eigenvalue weighted by molar-refractivity contribution is 0.0939. The molecule has 3 aliphatic heterocycles. The molecule has 6 aromatic heterocycles. The number of carbonyl (C=O) groups excluding carboxylic acids is 6. The summed E-state index contributed by atoms with van der Waals surface area (Å²) in [6.07, 6.45) is 4.44. The number of carbonyl (C=O) groups is 6. The number of phosphoric acid groups is 1. The van der Waals surface area contributed by atoms with Gasteiger partial charge < -0.3 is 61.4 Å². The summed E-state index contributed by atoms with van der Waals surface area (Å²) in [7, 11) is -4.80. The highest BCUT2D eigenvalue weighted by atomic mass is 32.1. The first-order valence-corrected chi connectivity index (χ1v) is 33.4. The van der Waals surface area contributed by atoms with Crippen molar-refractivity contribution < 1.29 is 46.9 Å². The fraction of sp³-hybridized carbons (Fsp3) is 0.300. The number of phosphoric ester groups is 1. The van der Waals surface area contributed by atoms with Crippen molar-refractivity contribution in [3.63, 3.8) is 0 Å². The van der Waals surface area contributed by atoms with E-state index in [-0.39, 0.29) is 33.9 Å². The first-order chi connectivity index (χ1) is 44.6. The fourth-order valence-corrected chi connectivity index (χ4v) is 15.1. The number of nitrogens with two attached hydrogens (primary N) is 3. The van der Waals surface area contributed by atoms with Crippen LogP contribution in [0.2, 0.25) is 0 Å². The Kier molecular flexibility index (Phi) is 19.0. The number of anilines is 3. The van der Waals surface area contributed by atoms with Crippen LogP contribution in [0, 0.1) is 0 Å². The minimum atomic E-state index is -4.80. The Morgan fingerprint density at radius 2 is 0.696 bits per heavy atom. The third-order valence-corrected chi connectivity index (χ3v) is 20.4. The van der Waals surface area contributed by atoms with Gasteiger partial charge in [-0.3, -0.25) is 43.5 Å². The molecule has 92 heavy (non-hydrogen) atoms. The Morgan fingerprint density at radius 3 is 0.967 bits per heavy atom. The summed E-state index contributed by atoms with van der Waals surface area (Å²) >= 11 is 3.82. The van der Waals surface area contributed by atoms with Crippen molar-refractivity contribution in [1.29, 1.82) is 0 Å². The van der Waals surface area contributed by atoms with Crippen LogP contribution < -0.4 is 61.4 Å². The molecule has 0 saturated carbocycles. The number of primary amides is 3. The number of nitrogens with zero attached hydrogens (tertiary/aromatic N) is 12. The number of amides is 6. The molecule has 9 N–H and O–H groups in total. The second kappa shape index (κ2) is 27.9. The highest BCUT2D eigenvalue weighted by Gasteiger charge is 2.35. The van der Waals surface area contributed by atoms with Crippen LogP contribution in [0.5, 0.6) is 17.2 Å². The molecule has 0 radical (unpaired) electrons. The molecule has 0 atom stereocenters. The average Bonchev–Trinajstić information content (AvgIpc) is 2.40. The van der Waals surface area contributed by atoms with E-state index in [0.29, 0.717) is 149 Å². The van der Waals surface area contributed by atoms with Crippen molar-refractivity contribution in [3.05, 3.63) is 141 Å². The van der Waals surface area contributed by atoms with Crippen LogP contribution in [0.15, 0.2) is 110 Å². The molecular formula is C60H63N18O10PS3. The SMILES string of the molecule is NC(=O)c1cc2ncnc(N3CCN(CCNC(=O)c4cccc(OP(=O)(Oc5cccc(C(=O)NCCN6CCN(c7ncnc8cc(C(N)=O)sc78)CC6)c5)Oc5cccc(C(=O)NCCN6CCN(c7ncnc8cc(C(N)=O)sc78)CC6)c5)c4)CC3)c2s1. The smallest absolute Gasteiger partial charge is 0.386 e. The maximum Gasteiger partial charge on any atom is 0.647 e. The molecule has 0 bridgehead atoms. The molecule has 32 heteroatoms. The van der Waals surface area contributed by atoms with Crippen molar-refractivity contribution in [2.45, 2.75) is 0 Å². The lowest BCUT2D eigenvalue weighted by atomic mass is 10.2. The fourth-order valence-electron chi connectivity index (χ4n) is 10.9. The molecule has 6 amide bonds. The van der Waals surface area contributed by atoms with Gasteiger partial charge in [0, 0.05) is 134 Å². The Labute approximate surface area is 538 Å². The highest BCUT2D eigenvalue weighted by Crippen LogP contribution is 2.50. The van der Waals surface area contributed by atoms with Crippen LogP contribution in [0.3, 0.4) is 0 Å². The van der Waals surface area contributed by atoms with E-state index in [1.807, 2.05) is 0 Å². The van der Waals surface area contributed by atoms with Gasteiger partial charge in [-0.2, -0.15) is 4.57 Å². The van der Waals surface area contributed by atoms with Crippen LogP contribution in [0.25, 0.3) is 30.6 Å². The molecule has 0 aliphatic carbocycles. The van der Waals surface area contributed by atoms with Crippen LogP contribution in [-0.2, 0) is 4.57 Å². The van der Waals surface area contributed by atoms with E-state index in [4.69, 9.17) is 30.8 Å². The van der Waals surface area contributed by atoms with Crippen molar-refractivity contribution >= 4 is 125 Å². The number of benzene rings is 3. The lowest BCUT2D eigenvalue weighted by Crippen LogP contribution is -2.48. The molecule has 3 fully saturated rings. The minimum absolute atomic E-state index is 0.0303. The summed E-state index contributed by atoms with van der Waals surface area (Å²) in [6, 6.07) is 23.2. The van der Waals surface area contributed by atoms with Crippen LogP contribution in [0.1, 0.15) is 60.1 Å². The zero-order valence-corrected chi connectivity index (χ0v) is 52.8. The Balaban J connectivity index is 0.671. The summed E-state index contributed by atoms with van der Waals surface area (Å²) in [5, 5.41) is 8.91. The third kappa shape index (κ3) is 14.8. The predicted octanol–water partition coefficient (Wildman–Crippen LogP) is 4.30. The molecule has 12 rings (SSSR count). The zero-order chi connectivity index (χ0) is 63.9. The molecule has 0 unspecified atom stereocenters. The number of piperazine rings is 3. The van der Waals surface area contributed by atoms with E-state index in [9.17, 15) is 28.8 Å². The van der Waals surface area contributed by atoms with E-state index >= 15 is 4.57 Å². The standard InChI is InChI=1S/C60H63N18O10PS3/c61-52(79)46-31-43-49(90-46)55(70-34-67-43)76-22-16-73(17-23-76)13-10-64-58(82)37-4-1-7-40(28-37)86-89(85,87-41-8-2-5-38(29-41)59(83)65-11-14-74-18-24-77(25-19-74)56-50-44(68-35-71-56)32-47(91-50)53(62)80)88-42-9-3-6-39(30-42)60(84)66-12-15-75-20-26-78(27-21-75)57-51-45(69-36-72-57)33-48(92-51)54(63)81/h1-9,28-36H,10-27H2,(H2,61,79)(H2,62,80)(H2,63,81)(H,64,82)(H,65,83)(H,66,84). The number of fused-ring (bicyclic) bond motifs is 3. The van der Waals surface area contributed by atoms with Gasteiger partial charge in [-0.15, -0.1) is 34.0 Å². The van der Waals surface area contributed by atoms with Gasteiger partial charge >= 0.3 is 7.82 Å². The Bertz CT molecular complexity index is 3870. The minimum Gasteiger partial charge on any atom is -0.386 e. The molecule has 9 heterocycles. The number of aromatic nitrogens is 6. The molecule has 3 aliphatic rings. The van der Waals surface area contributed by atoms with E-state index in [2.05, 4.69) is 75.3 Å².